The number of benzene rings is 1. The van der Waals surface area contributed by atoms with Crippen LogP contribution in [0.2, 0.25) is 0 Å². The molecule has 1 amide bonds. The van der Waals surface area contributed by atoms with Crippen LogP contribution in [0.5, 0.6) is 0 Å². The van der Waals surface area contributed by atoms with E-state index in [-0.39, 0.29) is 11.9 Å². The van der Waals surface area contributed by atoms with Crippen LogP contribution in [0.15, 0.2) is 48.8 Å². The third-order valence-electron chi connectivity index (χ3n) is 6.20. The standard InChI is InChI=1S/C25H27N7O/c1-15-12-17(25(33)30-20-7-3-4-11-28-20)8-9-19(15)22-21-23(16(2)13-29-24(21)26)32(31-22)18-6-5-10-27-14-18/h3-4,7-9,11-13,18,27H,5-6,10,14H2,1-2H3,(H2,26,29)(H,28,30,33)/t18-/m1/s1. The minimum absolute atomic E-state index is 0.205. The number of fused-ring (bicyclic) bond motifs is 1. The molecule has 4 N–H and O–H groups in total. The van der Waals surface area contributed by atoms with Gasteiger partial charge >= 0.3 is 0 Å². The monoisotopic (exact) mass is 441 g/mol. The maximum absolute atomic E-state index is 12.7. The fourth-order valence-corrected chi connectivity index (χ4v) is 4.54. The number of nitrogens with one attached hydrogen (secondary N) is 2. The van der Waals surface area contributed by atoms with Gasteiger partial charge in [0.2, 0.25) is 0 Å². The number of aryl methyl sites for hydroxylation is 2. The van der Waals surface area contributed by atoms with E-state index in [2.05, 4.69) is 25.3 Å². The largest absolute Gasteiger partial charge is 0.383 e. The van der Waals surface area contributed by atoms with Crippen molar-refractivity contribution in [2.24, 2.45) is 0 Å². The van der Waals surface area contributed by atoms with E-state index in [1.807, 2.05) is 50.4 Å². The first-order chi connectivity index (χ1) is 16.0. The molecule has 4 heterocycles. The van der Waals surface area contributed by atoms with Crippen LogP contribution in [0.1, 0.15) is 40.4 Å². The number of carbonyl (C=O) groups excluding carboxylic acids is 1. The number of aromatic nitrogens is 4. The average Bonchev–Trinajstić information content (AvgIpc) is 3.24. The van der Waals surface area contributed by atoms with E-state index in [1.165, 1.54) is 0 Å². The summed E-state index contributed by atoms with van der Waals surface area (Å²) in [6, 6.07) is 11.3. The van der Waals surface area contributed by atoms with Gasteiger partial charge in [-0.3, -0.25) is 9.48 Å². The summed E-state index contributed by atoms with van der Waals surface area (Å²) in [7, 11) is 0. The molecule has 0 aliphatic carbocycles. The summed E-state index contributed by atoms with van der Waals surface area (Å²) in [4.78, 5) is 21.3. The first-order valence-corrected chi connectivity index (χ1v) is 11.2. The molecule has 0 saturated carbocycles. The summed E-state index contributed by atoms with van der Waals surface area (Å²) in [6.07, 6.45) is 5.64. The molecule has 1 fully saturated rings. The fourth-order valence-electron chi connectivity index (χ4n) is 4.54. The van der Waals surface area contributed by atoms with Gasteiger partial charge in [-0.05, 0) is 68.6 Å². The Morgan fingerprint density at radius 1 is 1.18 bits per heavy atom. The Bertz CT molecular complexity index is 1320. The number of hydrogen-bond acceptors (Lipinski definition) is 6. The Morgan fingerprint density at radius 2 is 2.06 bits per heavy atom. The molecule has 1 saturated heterocycles. The van der Waals surface area contributed by atoms with Crippen molar-refractivity contribution in [1.82, 2.24) is 25.1 Å². The highest BCUT2D eigenvalue weighted by molar-refractivity contribution is 6.05. The number of rotatable bonds is 4. The van der Waals surface area contributed by atoms with Crippen LogP contribution in [0.4, 0.5) is 11.6 Å². The molecule has 3 aromatic heterocycles. The van der Waals surface area contributed by atoms with Gasteiger partial charge in [0.05, 0.1) is 16.9 Å². The molecule has 8 heteroatoms. The maximum atomic E-state index is 12.7. The predicted octanol–water partition coefficient (Wildman–Crippen LogP) is 3.87. The van der Waals surface area contributed by atoms with Crippen LogP contribution in [-0.4, -0.2) is 38.7 Å². The van der Waals surface area contributed by atoms with E-state index in [0.29, 0.717) is 17.2 Å². The summed E-state index contributed by atoms with van der Waals surface area (Å²) >= 11 is 0. The first kappa shape index (κ1) is 21.1. The molecule has 168 valence electrons. The molecule has 8 nitrogen and oxygen atoms in total. The van der Waals surface area contributed by atoms with Crippen LogP contribution < -0.4 is 16.4 Å². The average molecular weight is 442 g/mol. The molecular formula is C25H27N7O. The van der Waals surface area contributed by atoms with Crippen molar-refractivity contribution in [2.75, 3.05) is 24.1 Å². The summed E-state index contributed by atoms with van der Waals surface area (Å²) < 4.78 is 2.12. The van der Waals surface area contributed by atoms with Gasteiger partial charge in [-0.1, -0.05) is 12.1 Å². The molecule has 0 unspecified atom stereocenters. The van der Waals surface area contributed by atoms with E-state index >= 15 is 0 Å². The molecule has 1 atom stereocenters. The second-order valence-electron chi connectivity index (χ2n) is 8.54. The molecule has 1 aliphatic rings. The van der Waals surface area contributed by atoms with Crippen LogP contribution >= 0.6 is 0 Å². The topological polar surface area (TPSA) is 111 Å². The highest BCUT2D eigenvalue weighted by atomic mass is 16.1. The third kappa shape index (κ3) is 3.93. The van der Waals surface area contributed by atoms with Crippen molar-refractivity contribution in [3.05, 3.63) is 65.5 Å². The van der Waals surface area contributed by atoms with Gasteiger partial charge in [-0.15, -0.1) is 0 Å². The van der Waals surface area contributed by atoms with Gasteiger partial charge in [0, 0.05) is 30.1 Å². The van der Waals surface area contributed by atoms with Gasteiger partial charge in [-0.2, -0.15) is 5.10 Å². The lowest BCUT2D eigenvalue weighted by molar-refractivity contribution is 0.102. The number of amides is 1. The summed E-state index contributed by atoms with van der Waals surface area (Å²) in [5, 5.41) is 12.2. The van der Waals surface area contributed by atoms with Crippen LogP contribution in [-0.2, 0) is 0 Å². The molecule has 5 rings (SSSR count). The first-order valence-electron chi connectivity index (χ1n) is 11.2. The van der Waals surface area contributed by atoms with E-state index in [4.69, 9.17) is 10.8 Å². The van der Waals surface area contributed by atoms with Crippen LogP contribution in [0.3, 0.4) is 0 Å². The quantitative estimate of drug-likeness (QED) is 0.443. The van der Waals surface area contributed by atoms with Crippen molar-refractivity contribution in [3.63, 3.8) is 0 Å². The summed E-state index contributed by atoms with van der Waals surface area (Å²) in [5.74, 6) is 0.783. The predicted molar refractivity (Wildman–Crippen MR) is 130 cm³/mol. The lowest BCUT2D eigenvalue weighted by Gasteiger charge is -2.24. The summed E-state index contributed by atoms with van der Waals surface area (Å²) in [6.45, 7) is 5.94. The van der Waals surface area contributed by atoms with Crippen molar-refractivity contribution in [1.29, 1.82) is 0 Å². The smallest absolute Gasteiger partial charge is 0.256 e. The highest BCUT2D eigenvalue weighted by Gasteiger charge is 2.24. The number of carbonyl (C=O) groups is 1. The SMILES string of the molecule is Cc1cc(C(=O)Nc2ccccn2)ccc1-c1nn([C@@H]2CCCNC2)c2c(C)cnc(N)c12. The molecule has 1 aromatic carbocycles. The van der Waals surface area contributed by atoms with Crippen molar-refractivity contribution in [3.8, 4) is 11.3 Å². The van der Waals surface area contributed by atoms with Crippen molar-refractivity contribution >= 4 is 28.4 Å². The van der Waals surface area contributed by atoms with Gasteiger partial charge in [-0.25, -0.2) is 9.97 Å². The van der Waals surface area contributed by atoms with Crippen LogP contribution in [0, 0.1) is 13.8 Å². The molecule has 1 aliphatic heterocycles. The zero-order chi connectivity index (χ0) is 22.9. The second kappa shape index (κ2) is 8.63. The number of nitrogens with two attached hydrogens (primary N) is 1. The van der Waals surface area contributed by atoms with E-state index in [9.17, 15) is 4.79 Å². The Hall–Kier alpha value is -3.78. The minimum atomic E-state index is -0.205. The molecule has 0 spiro atoms. The second-order valence-corrected chi connectivity index (χ2v) is 8.54. The van der Waals surface area contributed by atoms with E-state index in [1.54, 1.807) is 12.3 Å². The normalized spacial score (nSPS) is 16.1. The Balaban J connectivity index is 1.56. The maximum Gasteiger partial charge on any atom is 0.256 e. The van der Waals surface area contributed by atoms with Gasteiger partial charge in [0.1, 0.15) is 17.3 Å². The lowest BCUT2D eigenvalue weighted by atomic mass is 9.99. The number of piperidine rings is 1. The van der Waals surface area contributed by atoms with E-state index < -0.39 is 0 Å². The molecular weight excluding hydrogens is 414 g/mol. The zero-order valence-corrected chi connectivity index (χ0v) is 18.8. The lowest BCUT2D eigenvalue weighted by Crippen LogP contribution is -2.32. The number of hydrogen-bond donors (Lipinski definition) is 3. The Labute approximate surface area is 192 Å². The Morgan fingerprint density at radius 3 is 2.79 bits per heavy atom. The minimum Gasteiger partial charge on any atom is -0.383 e. The van der Waals surface area contributed by atoms with Crippen molar-refractivity contribution in [2.45, 2.75) is 32.7 Å². The summed E-state index contributed by atoms with van der Waals surface area (Å²) in [5.41, 5.74) is 11.7. The molecule has 4 aromatic rings. The highest BCUT2D eigenvalue weighted by Crippen LogP contribution is 2.37. The molecule has 0 radical (unpaired) electrons. The Kier molecular flexibility index (Phi) is 5.51. The van der Waals surface area contributed by atoms with Gasteiger partial charge < -0.3 is 16.4 Å². The zero-order valence-electron chi connectivity index (χ0n) is 18.8. The third-order valence-corrected chi connectivity index (χ3v) is 6.20. The number of anilines is 2. The van der Waals surface area contributed by atoms with Crippen LogP contribution in [0.25, 0.3) is 22.2 Å². The number of nitrogen functional groups attached to an aromatic ring is 1. The fraction of sp³-hybridized carbons (Fsp3) is 0.280. The number of pyridine rings is 2. The van der Waals surface area contributed by atoms with Crippen molar-refractivity contribution < 1.29 is 4.79 Å². The van der Waals surface area contributed by atoms with Gasteiger partial charge in [0.25, 0.3) is 5.91 Å². The molecule has 33 heavy (non-hydrogen) atoms. The van der Waals surface area contributed by atoms with E-state index in [0.717, 1.165) is 59.2 Å². The van der Waals surface area contributed by atoms with Gasteiger partial charge in [0.15, 0.2) is 0 Å². The molecule has 0 bridgehead atoms. The number of nitrogens with zero attached hydrogens (tertiary/aromatic N) is 4.